The van der Waals surface area contributed by atoms with Crippen LogP contribution in [0.25, 0.3) is 0 Å². The average Bonchev–Trinajstić information content (AvgIpc) is 2.14. The van der Waals surface area contributed by atoms with E-state index >= 15 is 0 Å². The summed E-state index contributed by atoms with van der Waals surface area (Å²) in [6.07, 6.45) is 3.78. The molecule has 0 aromatic heterocycles. The van der Waals surface area contributed by atoms with E-state index in [4.69, 9.17) is 4.74 Å². The third-order valence-electron chi connectivity index (χ3n) is 2.67. The maximum absolute atomic E-state index is 5.32. The molecule has 0 amide bonds. The molecular weight excluding hydrogens is 162 g/mol. The van der Waals surface area contributed by atoms with Gasteiger partial charge in [0, 0.05) is 13.2 Å². The van der Waals surface area contributed by atoms with Crippen LogP contribution in [0.15, 0.2) is 0 Å². The topological polar surface area (TPSA) is 21.3 Å². The molecule has 0 bridgehead atoms. The quantitative estimate of drug-likeness (QED) is 0.662. The second kappa shape index (κ2) is 6.39. The highest BCUT2D eigenvalue weighted by molar-refractivity contribution is 4.66. The van der Waals surface area contributed by atoms with Crippen LogP contribution in [0.3, 0.4) is 0 Å². The molecule has 2 heteroatoms. The van der Waals surface area contributed by atoms with Crippen LogP contribution in [-0.2, 0) is 4.74 Å². The maximum Gasteiger partial charge on any atom is 0.0469 e. The standard InChI is InChI=1S/C11H23NO/c1-10(2)3-6-12-9-11-4-7-13-8-5-11/h10-12H,3-9H2,1-2H3. The van der Waals surface area contributed by atoms with E-state index in [0.29, 0.717) is 0 Å². The normalized spacial score (nSPS) is 19.6. The molecule has 0 aromatic rings. The van der Waals surface area contributed by atoms with Crippen LogP contribution in [0.4, 0.5) is 0 Å². The summed E-state index contributed by atoms with van der Waals surface area (Å²) in [4.78, 5) is 0. The van der Waals surface area contributed by atoms with E-state index in [1.165, 1.54) is 32.4 Å². The molecule has 78 valence electrons. The van der Waals surface area contributed by atoms with E-state index in [9.17, 15) is 0 Å². The number of hydrogen-bond acceptors (Lipinski definition) is 2. The fourth-order valence-corrected chi connectivity index (χ4v) is 1.65. The highest BCUT2D eigenvalue weighted by Gasteiger charge is 2.12. The maximum atomic E-state index is 5.32. The summed E-state index contributed by atoms with van der Waals surface area (Å²) in [5.41, 5.74) is 0. The number of rotatable bonds is 5. The number of nitrogens with one attached hydrogen (secondary N) is 1. The third kappa shape index (κ3) is 5.27. The SMILES string of the molecule is CC(C)CCNCC1CCOCC1. The summed E-state index contributed by atoms with van der Waals surface area (Å²) in [6.45, 7) is 8.85. The lowest BCUT2D eigenvalue weighted by Gasteiger charge is -2.22. The lowest BCUT2D eigenvalue weighted by molar-refractivity contribution is 0.0663. The van der Waals surface area contributed by atoms with Crippen LogP contribution in [0.5, 0.6) is 0 Å². The van der Waals surface area contributed by atoms with E-state index in [0.717, 1.165) is 25.0 Å². The van der Waals surface area contributed by atoms with Crippen LogP contribution in [0, 0.1) is 11.8 Å². The zero-order valence-electron chi connectivity index (χ0n) is 9.01. The monoisotopic (exact) mass is 185 g/mol. The van der Waals surface area contributed by atoms with Gasteiger partial charge in [-0.15, -0.1) is 0 Å². The minimum Gasteiger partial charge on any atom is -0.381 e. The third-order valence-corrected chi connectivity index (χ3v) is 2.67. The second-order valence-electron chi connectivity index (χ2n) is 4.44. The molecule has 2 nitrogen and oxygen atoms in total. The number of hydrogen-bond donors (Lipinski definition) is 1. The Kier molecular flexibility index (Phi) is 5.40. The molecule has 1 fully saturated rings. The van der Waals surface area contributed by atoms with Crippen LogP contribution < -0.4 is 5.32 Å². The van der Waals surface area contributed by atoms with Gasteiger partial charge in [0.15, 0.2) is 0 Å². The molecule has 1 aliphatic heterocycles. The molecule has 1 saturated heterocycles. The van der Waals surface area contributed by atoms with Crippen molar-refractivity contribution in [2.45, 2.75) is 33.1 Å². The summed E-state index contributed by atoms with van der Waals surface area (Å²) in [7, 11) is 0. The molecule has 0 radical (unpaired) electrons. The molecule has 1 rings (SSSR count). The van der Waals surface area contributed by atoms with Crippen molar-refractivity contribution >= 4 is 0 Å². The number of ether oxygens (including phenoxy) is 1. The first-order chi connectivity index (χ1) is 6.29. The van der Waals surface area contributed by atoms with E-state index in [1.807, 2.05) is 0 Å². The van der Waals surface area contributed by atoms with Gasteiger partial charge in [-0.3, -0.25) is 0 Å². The Morgan fingerprint density at radius 2 is 2.00 bits per heavy atom. The van der Waals surface area contributed by atoms with Crippen molar-refractivity contribution in [2.75, 3.05) is 26.3 Å². The molecule has 13 heavy (non-hydrogen) atoms. The second-order valence-corrected chi connectivity index (χ2v) is 4.44. The zero-order chi connectivity index (χ0) is 9.52. The highest BCUT2D eigenvalue weighted by atomic mass is 16.5. The molecule has 1 heterocycles. The van der Waals surface area contributed by atoms with E-state index < -0.39 is 0 Å². The van der Waals surface area contributed by atoms with Gasteiger partial charge in [-0.05, 0) is 44.2 Å². The molecular formula is C11H23NO. The van der Waals surface area contributed by atoms with Crippen molar-refractivity contribution in [3.63, 3.8) is 0 Å². The fourth-order valence-electron chi connectivity index (χ4n) is 1.65. The summed E-state index contributed by atoms with van der Waals surface area (Å²) in [5, 5.41) is 3.53. The molecule has 0 spiro atoms. The Morgan fingerprint density at radius 3 is 2.62 bits per heavy atom. The van der Waals surface area contributed by atoms with Crippen LogP contribution >= 0.6 is 0 Å². The van der Waals surface area contributed by atoms with Gasteiger partial charge in [-0.1, -0.05) is 13.8 Å². The minimum absolute atomic E-state index is 0.821. The van der Waals surface area contributed by atoms with Crippen molar-refractivity contribution in [1.82, 2.24) is 5.32 Å². The average molecular weight is 185 g/mol. The van der Waals surface area contributed by atoms with Gasteiger partial charge in [0.25, 0.3) is 0 Å². The Labute approximate surface area is 82.0 Å². The van der Waals surface area contributed by atoms with E-state index in [-0.39, 0.29) is 0 Å². The summed E-state index contributed by atoms with van der Waals surface area (Å²) in [6, 6.07) is 0. The van der Waals surface area contributed by atoms with Crippen molar-refractivity contribution < 1.29 is 4.74 Å². The first-order valence-corrected chi connectivity index (χ1v) is 5.57. The summed E-state index contributed by atoms with van der Waals surface area (Å²) < 4.78 is 5.32. The molecule has 0 atom stereocenters. The van der Waals surface area contributed by atoms with Crippen molar-refractivity contribution in [3.8, 4) is 0 Å². The molecule has 1 N–H and O–H groups in total. The zero-order valence-corrected chi connectivity index (χ0v) is 9.01. The highest BCUT2D eigenvalue weighted by Crippen LogP contribution is 2.13. The first kappa shape index (κ1) is 11.0. The Bertz CT molecular complexity index is 119. The van der Waals surface area contributed by atoms with Crippen LogP contribution in [-0.4, -0.2) is 26.3 Å². The van der Waals surface area contributed by atoms with Gasteiger partial charge in [0.2, 0.25) is 0 Å². The molecule has 0 saturated carbocycles. The Balaban J connectivity index is 1.92. The summed E-state index contributed by atoms with van der Waals surface area (Å²) >= 11 is 0. The van der Waals surface area contributed by atoms with Gasteiger partial charge >= 0.3 is 0 Å². The van der Waals surface area contributed by atoms with Gasteiger partial charge < -0.3 is 10.1 Å². The Hall–Kier alpha value is -0.0800. The Morgan fingerprint density at radius 1 is 1.31 bits per heavy atom. The van der Waals surface area contributed by atoms with Gasteiger partial charge in [-0.25, -0.2) is 0 Å². The van der Waals surface area contributed by atoms with Crippen molar-refractivity contribution in [1.29, 1.82) is 0 Å². The van der Waals surface area contributed by atoms with Gasteiger partial charge in [0.1, 0.15) is 0 Å². The first-order valence-electron chi connectivity index (χ1n) is 5.57. The molecule has 0 aromatic carbocycles. The molecule has 0 aliphatic carbocycles. The van der Waals surface area contributed by atoms with Crippen molar-refractivity contribution in [3.05, 3.63) is 0 Å². The molecule has 1 aliphatic rings. The lowest BCUT2D eigenvalue weighted by Crippen LogP contribution is -2.28. The predicted octanol–water partition coefficient (Wildman–Crippen LogP) is 2.05. The van der Waals surface area contributed by atoms with Crippen LogP contribution in [0.1, 0.15) is 33.1 Å². The minimum atomic E-state index is 0.821. The fraction of sp³-hybridized carbons (Fsp3) is 1.00. The van der Waals surface area contributed by atoms with E-state index in [2.05, 4.69) is 19.2 Å². The largest absolute Gasteiger partial charge is 0.381 e. The molecule has 0 unspecified atom stereocenters. The summed E-state index contributed by atoms with van der Waals surface area (Å²) in [5.74, 6) is 1.68. The predicted molar refractivity (Wildman–Crippen MR) is 55.9 cm³/mol. The lowest BCUT2D eigenvalue weighted by atomic mass is 10.0. The van der Waals surface area contributed by atoms with Gasteiger partial charge in [0.05, 0.1) is 0 Å². The van der Waals surface area contributed by atoms with E-state index in [1.54, 1.807) is 0 Å². The van der Waals surface area contributed by atoms with Crippen LogP contribution in [0.2, 0.25) is 0 Å². The van der Waals surface area contributed by atoms with Gasteiger partial charge in [-0.2, -0.15) is 0 Å². The smallest absolute Gasteiger partial charge is 0.0469 e. The van der Waals surface area contributed by atoms with Crippen molar-refractivity contribution in [2.24, 2.45) is 11.8 Å².